The van der Waals surface area contributed by atoms with Crippen LogP contribution in [0.4, 0.5) is 4.79 Å². The normalized spacial score (nSPS) is 20.3. The van der Waals surface area contributed by atoms with Crippen LogP contribution in [0.2, 0.25) is 0 Å². The fourth-order valence-corrected chi connectivity index (χ4v) is 5.08. The summed E-state index contributed by atoms with van der Waals surface area (Å²) < 4.78 is 5.57. The second kappa shape index (κ2) is 10.7. The van der Waals surface area contributed by atoms with Crippen molar-refractivity contribution >= 4 is 12.0 Å². The van der Waals surface area contributed by atoms with E-state index in [1.165, 1.54) is 4.90 Å². The topological polar surface area (TPSA) is 70.1 Å². The minimum absolute atomic E-state index is 0.00155. The lowest BCUT2D eigenvalue weighted by molar-refractivity contribution is -0.139. The van der Waals surface area contributed by atoms with Crippen LogP contribution in [-0.4, -0.2) is 51.2 Å². The molecule has 1 saturated heterocycles. The zero-order valence-corrected chi connectivity index (χ0v) is 21.1. The molecule has 1 aliphatic heterocycles. The molecule has 0 aliphatic carbocycles. The van der Waals surface area contributed by atoms with E-state index in [4.69, 9.17) is 4.74 Å². The second-order valence-electron chi connectivity index (χ2n) is 10.2. The molecule has 0 aromatic heterocycles. The van der Waals surface area contributed by atoms with Crippen molar-refractivity contribution in [3.8, 4) is 0 Å². The van der Waals surface area contributed by atoms with E-state index in [2.05, 4.69) is 36.1 Å². The van der Waals surface area contributed by atoms with E-state index in [-0.39, 0.29) is 17.9 Å². The number of nitrogens with zero attached hydrogens (tertiary/aromatic N) is 2. The number of aliphatic hydroxyl groups is 1. The number of carbonyl (C=O) groups is 2. The summed E-state index contributed by atoms with van der Waals surface area (Å²) >= 11 is 0. The largest absolute Gasteiger partial charge is 0.441 e. The third-order valence-corrected chi connectivity index (χ3v) is 6.80. The molecule has 1 N–H and O–H groups in total. The van der Waals surface area contributed by atoms with Crippen LogP contribution in [-0.2, 0) is 16.1 Å². The number of benzene rings is 2. The van der Waals surface area contributed by atoms with Gasteiger partial charge >= 0.3 is 6.09 Å². The van der Waals surface area contributed by atoms with Gasteiger partial charge in [-0.05, 0) is 44.7 Å². The number of amides is 2. The number of ether oxygens (including phenoxy) is 1. The number of rotatable bonds is 9. The summed E-state index contributed by atoms with van der Waals surface area (Å²) in [7, 11) is 0. The van der Waals surface area contributed by atoms with Crippen molar-refractivity contribution in [3.05, 3.63) is 71.8 Å². The van der Waals surface area contributed by atoms with Crippen LogP contribution in [0.3, 0.4) is 0 Å². The van der Waals surface area contributed by atoms with Gasteiger partial charge in [0.1, 0.15) is 5.60 Å². The van der Waals surface area contributed by atoms with E-state index in [9.17, 15) is 14.7 Å². The number of hydrogen-bond donors (Lipinski definition) is 1. The average Bonchev–Trinajstić information content (AvgIpc) is 3.04. The summed E-state index contributed by atoms with van der Waals surface area (Å²) in [6.07, 6.45) is -1.57. The Bertz CT molecular complexity index is 959. The van der Waals surface area contributed by atoms with Crippen molar-refractivity contribution in [2.75, 3.05) is 6.54 Å². The highest BCUT2D eigenvalue weighted by atomic mass is 16.6. The molecule has 0 unspecified atom stereocenters. The quantitative estimate of drug-likeness (QED) is 0.561. The van der Waals surface area contributed by atoms with Crippen molar-refractivity contribution in [3.63, 3.8) is 0 Å². The Hall–Kier alpha value is -2.70. The zero-order chi connectivity index (χ0) is 25.0. The third kappa shape index (κ3) is 5.68. The Labute approximate surface area is 203 Å². The molecule has 3 rings (SSSR count). The van der Waals surface area contributed by atoms with E-state index in [1.807, 2.05) is 64.1 Å². The number of imide groups is 1. The molecule has 4 atom stereocenters. The minimum atomic E-state index is -0.932. The molecule has 34 heavy (non-hydrogen) atoms. The van der Waals surface area contributed by atoms with Gasteiger partial charge < -0.3 is 9.84 Å². The molecule has 1 aliphatic rings. The Morgan fingerprint density at radius 3 is 2.12 bits per heavy atom. The molecular formula is C28H38N2O4. The number of hydrogen-bond acceptors (Lipinski definition) is 5. The van der Waals surface area contributed by atoms with E-state index < -0.39 is 29.8 Å². The molecule has 2 aromatic carbocycles. The fraction of sp³-hybridized carbons (Fsp3) is 0.500. The van der Waals surface area contributed by atoms with Gasteiger partial charge in [0.2, 0.25) is 5.91 Å². The zero-order valence-electron chi connectivity index (χ0n) is 21.1. The predicted octanol–water partition coefficient (Wildman–Crippen LogP) is 5.03. The minimum Gasteiger partial charge on any atom is -0.441 e. The second-order valence-corrected chi connectivity index (χ2v) is 10.2. The van der Waals surface area contributed by atoms with Crippen LogP contribution in [0, 0.1) is 11.8 Å². The van der Waals surface area contributed by atoms with Gasteiger partial charge in [-0.1, -0.05) is 74.5 Å². The summed E-state index contributed by atoms with van der Waals surface area (Å²) in [4.78, 5) is 30.0. The van der Waals surface area contributed by atoms with Gasteiger partial charge in [0.15, 0.2) is 0 Å². The van der Waals surface area contributed by atoms with Crippen LogP contribution in [0.15, 0.2) is 60.7 Å². The van der Waals surface area contributed by atoms with Crippen molar-refractivity contribution in [2.24, 2.45) is 11.8 Å². The fourth-order valence-electron chi connectivity index (χ4n) is 5.08. The monoisotopic (exact) mass is 466 g/mol. The Balaban J connectivity index is 1.92. The standard InChI is InChI=1S/C28H38N2O4/c1-19(2)25-28(5,6)34-27(33)30(25)26(32)24(21(4)31)18-29(17-22-13-9-7-10-14-22)20(3)23-15-11-8-12-16-23/h7-16,19-21,24-25,31H,17-18H2,1-6H3/t20-,21+,24-,25-/m0/s1. The molecule has 6 heteroatoms. The van der Waals surface area contributed by atoms with Crippen LogP contribution < -0.4 is 0 Å². The van der Waals surface area contributed by atoms with E-state index in [1.54, 1.807) is 6.92 Å². The predicted molar refractivity (Wildman–Crippen MR) is 133 cm³/mol. The first-order chi connectivity index (χ1) is 16.0. The first-order valence-corrected chi connectivity index (χ1v) is 12.1. The smallest absolute Gasteiger partial charge is 0.417 e. The van der Waals surface area contributed by atoms with Gasteiger partial charge in [-0.3, -0.25) is 9.69 Å². The van der Waals surface area contributed by atoms with Crippen molar-refractivity contribution < 1.29 is 19.4 Å². The Morgan fingerprint density at radius 1 is 1.03 bits per heavy atom. The molecule has 0 saturated carbocycles. The van der Waals surface area contributed by atoms with Crippen molar-refractivity contribution in [1.29, 1.82) is 0 Å². The molecule has 1 fully saturated rings. The highest BCUT2D eigenvalue weighted by Crippen LogP contribution is 2.36. The van der Waals surface area contributed by atoms with Gasteiger partial charge in [-0.15, -0.1) is 0 Å². The lowest BCUT2D eigenvalue weighted by Gasteiger charge is -2.36. The molecule has 184 valence electrons. The summed E-state index contributed by atoms with van der Waals surface area (Å²) in [6.45, 7) is 12.3. The van der Waals surface area contributed by atoms with Crippen LogP contribution >= 0.6 is 0 Å². The molecular weight excluding hydrogens is 428 g/mol. The maximum absolute atomic E-state index is 13.8. The van der Waals surface area contributed by atoms with Crippen molar-refractivity contribution in [2.45, 2.75) is 71.9 Å². The molecule has 2 amide bonds. The van der Waals surface area contributed by atoms with E-state index in [0.29, 0.717) is 13.1 Å². The van der Waals surface area contributed by atoms with E-state index in [0.717, 1.165) is 11.1 Å². The lowest BCUT2D eigenvalue weighted by Crippen LogP contribution is -2.53. The summed E-state index contributed by atoms with van der Waals surface area (Å²) in [5.74, 6) is -1.15. The maximum Gasteiger partial charge on any atom is 0.417 e. The maximum atomic E-state index is 13.8. The first kappa shape index (κ1) is 25.9. The Morgan fingerprint density at radius 2 is 1.59 bits per heavy atom. The van der Waals surface area contributed by atoms with Crippen LogP contribution in [0.25, 0.3) is 0 Å². The number of aliphatic hydroxyl groups excluding tert-OH is 1. The lowest BCUT2D eigenvalue weighted by atomic mass is 9.87. The van der Waals surface area contributed by atoms with Crippen molar-refractivity contribution in [1.82, 2.24) is 9.80 Å². The SMILES string of the molecule is CC(C)[C@@H]1N(C(=O)[C@@H](CN(Cc2ccccc2)[C@@H](C)c2ccccc2)[C@@H](C)O)C(=O)OC1(C)C. The van der Waals surface area contributed by atoms with E-state index >= 15 is 0 Å². The molecule has 0 spiro atoms. The van der Waals surface area contributed by atoms with Crippen LogP contribution in [0.1, 0.15) is 58.7 Å². The highest BCUT2D eigenvalue weighted by molar-refractivity contribution is 5.95. The third-order valence-electron chi connectivity index (χ3n) is 6.80. The molecule has 2 aromatic rings. The van der Waals surface area contributed by atoms with Gasteiger partial charge in [-0.2, -0.15) is 0 Å². The van der Waals surface area contributed by atoms with Gasteiger partial charge in [-0.25, -0.2) is 9.69 Å². The Kier molecular flexibility index (Phi) is 8.16. The molecule has 1 heterocycles. The van der Waals surface area contributed by atoms with Gasteiger partial charge in [0.25, 0.3) is 0 Å². The number of cyclic esters (lactones) is 1. The molecule has 0 radical (unpaired) electrons. The van der Waals surface area contributed by atoms with Crippen LogP contribution in [0.5, 0.6) is 0 Å². The summed E-state index contributed by atoms with van der Waals surface area (Å²) in [6, 6.07) is 19.8. The first-order valence-electron chi connectivity index (χ1n) is 12.1. The van der Waals surface area contributed by atoms with Gasteiger partial charge in [0, 0.05) is 19.1 Å². The molecule has 0 bridgehead atoms. The average molecular weight is 467 g/mol. The summed E-state index contributed by atoms with van der Waals surface area (Å²) in [5.41, 5.74) is 1.45. The molecule has 6 nitrogen and oxygen atoms in total. The number of carbonyl (C=O) groups excluding carboxylic acids is 2. The summed E-state index contributed by atoms with van der Waals surface area (Å²) in [5, 5.41) is 10.7. The highest BCUT2D eigenvalue weighted by Gasteiger charge is 2.53. The van der Waals surface area contributed by atoms with Gasteiger partial charge in [0.05, 0.1) is 18.1 Å².